The topological polar surface area (TPSA) is 103 Å². The molecule has 2 rings (SSSR count). The van der Waals surface area contributed by atoms with Gasteiger partial charge in [0.05, 0.1) is 12.6 Å². The predicted molar refractivity (Wildman–Crippen MR) is 90.2 cm³/mol. The molecule has 0 spiro atoms. The predicted octanol–water partition coefficient (Wildman–Crippen LogP) is 2.16. The molecule has 2 aromatic rings. The Morgan fingerprint density at radius 2 is 1.78 bits per heavy atom. The first kappa shape index (κ1) is 16.4. The van der Waals surface area contributed by atoms with Gasteiger partial charge in [-0.2, -0.15) is 4.99 Å². The number of urea groups is 1. The zero-order valence-electron chi connectivity index (χ0n) is 12.9. The van der Waals surface area contributed by atoms with Gasteiger partial charge in [-0.15, -0.1) is 0 Å². The van der Waals surface area contributed by atoms with E-state index in [4.69, 9.17) is 16.2 Å². The van der Waals surface area contributed by atoms with E-state index in [0.29, 0.717) is 12.4 Å². The van der Waals surface area contributed by atoms with Crippen LogP contribution in [0.2, 0.25) is 0 Å². The number of hydrogen-bond donors (Lipinski definition) is 3. The third-order valence-electron chi connectivity index (χ3n) is 3.16. The number of nitrogens with two attached hydrogens (primary N) is 2. The van der Waals surface area contributed by atoms with Gasteiger partial charge >= 0.3 is 6.03 Å². The highest BCUT2D eigenvalue weighted by Crippen LogP contribution is 2.30. The number of hydrogen-bond acceptors (Lipinski definition) is 2. The van der Waals surface area contributed by atoms with E-state index >= 15 is 0 Å². The van der Waals surface area contributed by atoms with Crippen molar-refractivity contribution in [1.82, 2.24) is 5.32 Å². The molecule has 2 amide bonds. The summed E-state index contributed by atoms with van der Waals surface area (Å²) in [6, 6.07) is 16.1. The molecule has 1 unspecified atom stereocenters. The van der Waals surface area contributed by atoms with Crippen LogP contribution in [0.1, 0.15) is 24.1 Å². The molecule has 0 aromatic heterocycles. The molecule has 0 aliphatic heterocycles. The molecule has 0 heterocycles. The number of benzene rings is 2. The Balaban J connectivity index is 2.42. The Morgan fingerprint density at radius 1 is 1.13 bits per heavy atom. The lowest BCUT2D eigenvalue weighted by Crippen LogP contribution is -2.31. The maximum Gasteiger partial charge on any atom is 0.344 e. The Morgan fingerprint density at radius 3 is 2.43 bits per heavy atom. The summed E-state index contributed by atoms with van der Waals surface area (Å²) in [5.74, 6) is 0.418. The zero-order valence-corrected chi connectivity index (χ0v) is 12.9. The number of aliphatic imine (C=N–C) groups is 1. The van der Waals surface area contributed by atoms with Crippen LogP contribution >= 0.6 is 0 Å². The van der Waals surface area contributed by atoms with Crippen LogP contribution in [0.5, 0.6) is 5.75 Å². The highest BCUT2D eigenvalue weighted by molar-refractivity contribution is 5.90. The largest absolute Gasteiger partial charge is 0.494 e. The van der Waals surface area contributed by atoms with Gasteiger partial charge in [0.1, 0.15) is 5.75 Å². The maximum absolute atomic E-state index is 12.0. The molecule has 0 aliphatic rings. The first-order valence-corrected chi connectivity index (χ1v) is 7.28. The molecule has 0 radical (unpaired) electrons. The van der Waals surface area contributed by atoms with Crippen molar-refractivity contribution in [3.05, 3.63) is 65.7 Å². The summed E-state index contributed by atoms with van der Waals surface area (Å²) in [5.41, 5.74) is 12.3. The van der Waals surface area contributed by atoms with Gasteiger partial charge in [0.2, 0.25) is 0 Å². The fraction of sp³-hybridized carbons (Fsp3) is 0.176. The number of ether oxygens (including phenoxy) is 1. The van der Waals surface area contributed by atoms with Crippen molar-refractivity contribution in [2.45, 2.75) is 13.0 Å². The van der Waals surface area contributed by atoms with E-state index in [1.807, 2.05) is 61.5 Å². The van der Waals surface area contributed by atoms with Crippen molar-refractivity contribution in [2.75, 3.05) is 6.61 Å². The van der Waals surface area contributed by atoms with Gasteiger partial charge in [0.15, 0.2) is 5.96 Å². The average Bonchev–Trinajstić information content (AvgIpc) is 2.54. The van der Waals surface area contributed by atoms with Crippen molar-refractivity contribution < 1.29 is 9.53 Å². The molecule has 2 aromatic carbocycles. The van der Waals surface area contributed by atoms with Gasteiger partial charge in [-0.05, 0) is 18.6 Å². The molecular weight excluding hydrogens is 292 g/mol. The van der Waals surface area contributed by atoms with Gasteiger partial charge in [0.25, 0.3) is 0 Å². The molecule has 1 atom stereocenters. The fourth-order valence-electron chi connectivity index (χ4n) is 2.27. The zero-order chi connectivity index (χ0) is 16.7. The van der Waals surface area contributed by atoms with E-state index in [1.165, 1.54) is 0 Å². The molecule has 6 heteroatoms. The lowest BCUT2D eigenvalue weighted by Gasteiger charge is -2.21. The first-order valence-electron chi connectivity index (χ1n) is 7.28. The minimum absolute atomic E-state index is 0.285. The van der Waals surface area contributed by atoms with Gasteiger partial charge < -0.3 is 21.5 Å². The summed E-state index contributed by atoms with van der Waals surface area (Å²) in [6.07, 6.45) is 0. The van der Waals surface area contributed by atoms with Crippen LogP contribution in [0, 0.1) is 0 Å². The third kappa shape index (κ3) is 4.47. The van der Waals surface area contributed by atoms with Crippen LogP contribution in [-0.4, -0.2) is 18.6 Å². The van der Waals surface area contributed by atoms with Crippen LogP contribution in [0.25, 0.3) is 0 Å². The SMILES string of the molecule is CCOc1ccccc1C(NC(=O)N=C(N)N)c1ccccc1. The minimum Gasteiger partial charge on any atom is -0.494 e. The minimum atomic E-state index is -0.606. The van der Waals surface area contributed by atoms with E-state index < -0.39 is 12.1 Å². The maximum atomic E-state index is 12.0. The Hall–Kier alpha value is -3.02. The van der Waals surface area contributed by atoms with Crippen molar-refractivity contribution in [2.24, 2.45) is 16.5 Å². The summed E-state index contributed by atoms with van der Waals surface area (Å²) in [5, 5.41) is 2.81. The number of amides is 2. The fourth-order valence-corrected chi connectivity index (χ4v) is 2.27. The van der Waals surface area contributed by atoms with Crippen molar-refractivity contribution in [1.29, 1.82) is 0 Å². The summed E-state index contributed by atoms with van der Waals surface area (Å²) in [4.78, 5) is 15.5. The van der Waals surface area contributed by atoms with E-state index in [1.54, 1.807) is 0 Å². The Kier molecular flexibility index (Phi) is 5.57. The van der Waals surface area contributed by atoms with Gasteiger partial charge in [-0.25, -0.2) is 4.79 Å². The number of carbonyl (C=O) groups excluding carboxylic acids is 1. The molecule has 23 heavy (non-hydrogen) atoms. The highest BCUT2D eigenvalue weighted by Gasteiger charge is 2.20. The van der Waals surface area contributed by atoms with E-state index in [0.717, 1.165) is 11.1 Å². The molecule has 6 nitrogen and oxygen atoms in total. The van der Waals surface area contributed by atoms with Crippen molar-refractivity contribution in [3.63, 3.8) is 0 Å². The Labute approximate surface area is 135 Å². The smallest absolute Gasteiger partial charge is 0.344 e. The van der Waals surface area contributed by atoms with Gasteiger partial charge in [-0.3, -0.25) is 0 Å². The van der Waals surface area contributed by atoms with Crippen LogP contribution in [0.15, 0.2) is 59.6 Å². The number of guanidine groups is 1. The highest BCUT2D eigenvalue weighted by atomic mass is 16.5. The molecular formula is C17H20N4O2. The number of nitrogens with one attached hydrogen (secondary N) is 1. The summed E-state index contributed by atoms with van der Waals surface area (Å²) < 4.78 is 5.67. The van der Waals surface area contributed by atoms with E-state index in [2.05, 4.69) is 10.3 Å². The van der Waals surface area contributed by atoms with E-state index in [-0.39, 0.29) is 5.96 Å². The normalized spacial score (nSPS) is 11.3. The average molecular weight is 312 g/mol. The van der Waals surface area contributed by atoms with Crippen LogP contribution in [-0.2, 0) is 0 Å². The van der Waals surface area contributed by atoms with Crippen molar-refractivity contribution >= 4 is 12.0 Å². The molecule has 0 bridgehead atoms. The molecule has 0 aliphatic carbocycles. The number of rotatable bonds is 5. The number of para-hydroxylation sites is 1. The van der Waals surface area contributed by atoms with Crippen LogP contribution in [0.4, 0.5) is 4.79 Å². The second kappa shape index (κ2) is 7.84. The third-order valence-corrected chi connectivity index (χ3v) is 3.16. The number of carbonyl (C=O) groups is 1. The molecule has 0 fully saturated rings. The van der Waals surface area contributed by atoms with Gasteiger partial charge in [-0.1, -0.05) is 48.5 Å². The lowest BCUT2D eigenvalue weighted by molar-refractivity contribution is 0.247. The molecule has 5 N–H and O–H groups in total. The summed E-state index contributed by atoms with van der Waals surface area (Å²) >= 11 is 0. The lowest BCUT2D eigenvalue weighted by atomic mass is 9.98. The van der Waals surface area contributed by atoms with Crippen LogP contribution in [0.3, 0.4) is 0 Å². The van der Waals surface area contributed by atoms with Gasteiger partial charge in [0, 0.05) is 5.56 Å². The number of nitrogens with zero attached hydrogens (tertiary/aromatic N) is 1. The second-order valence-electron chi connectivity index (χ2n) is 4.80. The summed E-state index contributed by atoms with van der Waals surface area (Å²) in [7, 11) is 0. The molecule has 0 saturated heterocycles. The molecule has 120 valence electrons. The van der Waals surface area contributed by atoms with E-state index in [9.17, 15) is 4.79 Å². The standard InChI is InChI=1S/C17H20N4O2/c1-2-23-14-11-7-6-10-13(14)15(12-8-4-3-5-9-12)20-17(22)21-16(18)19/h3-11,15H,2H2,1H3,(H5,18,19,20,21,22). The monoisotopic (exact) mass is 312 g/mol. The molecule has 0 saturated carbocycles. The quantitative estimate of drug-likeness (QED) is 0.581. The Bertz CT molecular complexity index is 682. The first-order chi connectivity index (χ1) is 11.1. The second-order valence-corrected chi connectivity index (χ2v) is 4.80. The van der Waals surface area contributed by atoms with Crippen LogP contribution < -0.4 is 21.5 Å². The summed E-state index contributed by atoms with van der Waals surface area (Å²) in [6.45, 7) is 2.44. The van der Waals surface area contributed by atoms with Crippen molar-refractivity contribution in [3.8, 4) is 5.75 Å².